The van der Waals surface area contributed by atoms with Crippen LogP contribution in [0.4, 0.5) is 5.69 Å². The van der Waals surface area contributed by atoms with Crippen LogP contribution in [0, 0.1) is 5.92 Å². The molecule has 4 heteroatoms. The van der Waals surface area contributed by atoms with Crippen LogP contribution in [0.2, 0.25) is 0 Å². The molecule has 19 heavy (non-hydrogen) atoms. The van der Waals surface area contributed by atoms with Gasteiger partial charge in [-0.25, -0.2) is 0 Å². The smallest absolute Gasteiger partial charge is 0.0936 e. The van der Waals surface area contributed by atoms with Gasteiger partial charge in [-0.15, -0.1) is 0 Å². The third kappa shape index (κ3) is 3.26. The molecule has 4 nitrogen and oxygen atoms in total. The van der Waals surface area contributed by atoms with Crippen molar-refractivity contribution < 1.29 is 5.11 Å². The van der Waals surface area contributed by atoms with Crippen LogP contribution >= 0.6 is 0 Å². The minimum Gasteiger partial charge on any atom is -0.398 e. The summed E-state index contributed by atoms with van der Waals surface area (Å²) in [5.41, 5.74) is 7.42. The molecule has 3 atom stereocenters. The molecular weight excluding hydrogens is 238 g/mol. The highest BCUT2D eigenvalue weighted by molar-refractivity contribution is 5.47. The minimum atomic E-state index is -0.505. The maximum atomic E-state index is 10.3. The summed E-state index contributed by atoms with van der Waals surface area (Å²) in [5, 5.41) is 10.3. The summed E-state index contributed by atoms with van der Waals surface area (Å²) in [6.07, 6.45) is -0.505. The van der Waals surface area contributed by atoms with Crippen molar-refractivity contribution in [1.82, 2.24) is 9.80 Å². The average molecular weight is 263 g/mol. The number of likely N-dealkylation sites (tertiary alicyclic amines) is 1. The van der Waals surface area contributed by atoms with Crippen molar-refractivity contribution in [3.8, 4) is 0 Å². The Morgan fingerprint density at radius 1 is 1.37 bits per heavy atom. The van der Waals surface area contributed by atoms with Crippen LogP contribution in [0.3, 0.4) is 0 Å². The van der Waals surface area contributed by atoms with Gasteiger partial charge in [-0.1, -0.05) is 25.1 Å². The number of β-amino-alcohol motifs (C(OH)–C–C–N with tert-alkyl or cyclic N) is 1. The molecule has 0 radical (unpaired) electrons. The van der Waals surface area contributed by atoms with Crippen LogP contribution in [0.1, 0.15) is 18.6 Å². The standard InChI is InChI=1S/C15H25N3O/c1-11-8-18(9-14(11)17(2)3)10-15(19)12-6-4-5-7-13(12)16/h4-7,11,14-15,19H,8-10,16H2,1-3H3. The second-order valence-electron chi connectivity index (χ2n) is 5.87. The van der Waals surface area contributed by atoms with Crippen molar-refractivity contribution in [3.63, 3.8) is 0 Å². The summed E-state index contributed by atoms with van der Waals surface area (Å²) in [7, 11) is 4.24. The van der Waals surface area contributed by atoms with Gasteiger partial charge < -0.3 is 15.7 Å². The van der Waals surface area contributed by atoms with Crippen molar-refractivity contribution in [2.24, 2.45) is 5.92 Å². The van der Waals surface area contributed by atoms with Gasteiger partial charge in [0.25, 0.3) is 0 Å². The first-order valence-corrected chi connectivity index (χ1v) is 6.90. The lowest BCUT2D eigenvalue weighted by atomic mass is 10.1. The monoisotopic (exact) mass is 263 g/mol. The summed E-state index contributed by atoms with van der Waals surface area (Å²) in [5.74, 6) is 0.635. The highest BCUT2D eigenvalue weighted by atomic mass is 16.3. The fourth-order valence-electron chi connectivity index (χ4n) is 3.03. The predicted octanol–water partition coefficient (Wildman–Crippen LogP) is 1.18. The molecule has 1 aliphatic heterocycles. The van der Waals surface area contributed by atoms with E-state index in [0.29, 0.717) is 24.2 Å². The van der Waals surface area contributed by atoms with E-state index in [1.807, 2.05) is 24.3 Å². The van der Waals surface area contributed by atoms with Crippen LogP contribution in [0.5, 0.6) is 0 Å². The second-order valence-corrected chi connectivity index (χ2v) is 5.87. The molecule has 1 saturated heterocycles. The van der Waals surface area contributed by atoms with Gasteiger partial charge in [0.1, 0.15) is 0 Å². The van der Waals surface area contributed by atoms with Gasteiger partial charge in [0.05, 0.1) is 6.10 Å². The average Bonchev–Trinajstić information content (AvgIpc) is 2.70. The molecule has 1 aromatic rings. The number of nitrogens with zero attached hydrogens (tertiary/aromatic N) is 2. The molecule has 0 amide bonds. The first-order chi connectivity index (χ1) is 8.99. The van der Waals surface area contributed by atoms with E-state index in [9.17, 15) is 5.11 Å². The van der Waals surface area contributed by atoms with E-state index in [2.05, 4.69) is 30.8 Å². The Bertz CT molecular complexity index is 422. The van der Waals surface area contributed by atoms with Crippen molar-refractivity contribution in [3.05, 3.63) is 29.8 Å². The van der Waals surface area contributed by atoms with Crippen molar-refractivity contribution in [2.75, 3.05) is 39.5 Å². The zero-order valence-electron chi connectivity index (χ0n) is 12.1. The predicted molar refractivity (Wildman–Crippen MR) is 78.9 cm³/mol. The van der Waals surface area contributed by atoms with E-state index in [-0.39, 0.29) is 0 Å². The maximum Gasteiger partial charge on any atom is 0.0936 e. The number of nitrogens with two attached hydrogens (primary N) is 1. The molecule has 0 aliphatic carbocycles. The Labute approximate surface area is 115 Å². The SMILES string of the molecule is CC1CN(CC(O)c2ccccc2N)CC1N(C)C. The Balaban J connectivity index is 1.97. The fourth-order valence-corrected chi connectivity index (χ4v) is 3.03. The van der Waals surface area contributed by atoms with Gasteiger partial charge in [-0.05, 0) is 26.1 Å². The number of rotatable bonds is 4. The van der Waals surface area contributed by atoms with E-state index < -0.39 is 6.10 Å². The number of anilines is 1. The molecular formula is C15H25N3O. The van der Waals surface area contributed by atoms with E-state index >= 15 is 0 Å². The van der Waals surface area contributed by atoms with Crippen LogP contribution in [0.15, 0.2) is 24.3 Å². The van der Waals surface area contributed by atoms with Gasteiger partial charge in [0, 0.05) is 36.9 Å². The van der Waals surface area contributed by atoms with E-state index in [1.54, 1.807) is 0 Å². The summed E-state index contributed by atoms with van der Waals surface area (Å²) in [4.78, 5) is 4.60. The number of benzene rings is 1. The normalized spacial score (nSPS) is 25.9. The molecule has 0 aromatic heterocycles. The first-order valence-electron chi connectivity index (χ1n) is 6.90. The lowest BCUT2D eigenvalue weighted by Crippen LogP contribution is -2.35. The largest absolute Gasteiger partial charge is 0.398 e. The Morgan fingerprint density at radius 2 is 2.05 bits per heavy atom. The first kappa shape index (κ1) is 14.3. The molecule has 0 saturated carbocycles. The fraction of sp³-hybridized carbons (Fsp3) is 0.600. The molecule has 3 N–H and O–H groups in total. The Morgan fingerprint density at radius 3 is 2.63 bits per heavy atom. The van der Waals surface area contributed by atoms with Crippen molar-refractivity contribution >= 4 is 5.69 Å². The van der Waals surface area contributed by atoms with Gasteiger partial charge in [0.2, 0.25) is 0 Å². The number of likely N-dealkylation sites (N-methyl/N-ethyl adjacent to an activating group) is 1. The van der Waals surface area contributed by atoms with Crippen LogP contribution in [0.25, 0.3) is 0 Å². The minimum absolute atomic E-state index is 0.505. The molecule has 1 aromatic carbocycles. The zero-order valence-corrected chi connectivity index (χ0v) is 12.1. The second kappa shape index (κ2) is 5.90. The molecule has 106 valence electrons. The number of hydrogen-bond acceptors (Lipinski definition) is 4. The highest BCUT2D eigenvalue weighted by Crippen LogP contribution is 2.25. The highest BCUT2D eigenvalue weighted by Gasteiger charge is 2.32. The molecule has 1 heterocycles. The Hall–Kier alpha value is -1.10. The third-order valence-corrected chi connectivity index (χ3v) is 4.10. The summed E-state index contributed by atoms with van der Waals surface area (Å²) < 4.78 is 0. The maximum absolute atomic E-state index is 10.3. The molecule has 0 spiro atoms. The van der Waals surface area contributed by atoms with Gasteiger partial charge >= 0.3 is 0 Å². The number of aliphatic hydroxyl groups is 1. The van der Waals surface area contributed by atoms with Gasteiger partial charge in [-0.3, -0.25) is 4.90 Å². The van der Waals surface area contributed by atoms with E-state index in [1.165, 1.54) is 0 Å². The molecule has 3 unspecified atom stereocenters. The molecule has 1 fully saturated rings. The molecule has 1 aliphatic rings. The summed E-state index contributed by atoms with van der Waals surface area (Å²) >= 11 is 0. The topological polar surface area (TPSA) is 52.7 Å². The van der Waals surface area contributed by atoms with Crippen LogP contribution < -0.4 is 5.73 Å². The van der Waals surface area contributed by atoms with Gasteiger partial charge in [-0.2, -0.15) is 0 Å². The zero-order chi connectivity index (χ0) is 14.0. The van der Waals surface area contributed by atoms with E-state index in [4.69, 9.17) is 5.73 Å². The third-order valence-electron chi connectivity index (χ3n) is 4.10. The number of nitrogen functional groups attached to an aromatic ring is 1. The lowest BCUT2D eigenvalue weighted by Gasteiger charge is -2.23. The quantitative estimate of drug-likeness (QED) is 0.801. The van der Waals surface area contributed by atoms with Gasteiger partial charge in [0.15, 0.2) is 0 Å². The van der Waals surface area contributed by atoms with Crippen molar-refractivity contribution in [2.45, 2.75) is 19.1 Å². The van der Waals surface area contributed by atoms with Crippen molar-refractivity contribution in [1.29, 1.82) is 0 Å². The number of aliphatic hydroxyl groups excluding tert-OH is 1. The van der Waals surface area contributed by atoms with E-state index in [0.717, 1.165) is 18.7 Å². The Kier molecular flexibility index (Phi) is 4.45. The number of para-hydroxylation sites is 1. The molecule has 0 bridgehead atoms. The van der Waals surface area contributed by atoms with Crippen LogP contribution in [-0.2, 0) is 0 Å². The summed E-state index contributed by atoms with van der Waals surface area (Å²) in [6, 6.07) is 8.13. The van der Waals surface area contributed by atoms with Crippen LogP contribution in [-0.4, -0.2) is 54.7 Å². The number of hydrogen-bond donors (Lipinski definition) is 2. The summed E-state index contributed by atoms with van der Waals surface area (Å²) in [6.45, 7) is 4.97. The lowest BCUT2D eigenvalue weighted by molar-refractivity contribution is 0.122. The molecule has 2 rings (SSSR count).